The summed E-state index contributed by atoms with van der Waals surface area (Å²) >= 11 is 4.19. The maximum absolute atomic E-state index is 11.7. The Morgan fingerprint density at radius 2 is 1.94 bits per heavy atom. The van der Waals surface area contributed by atoms with Crippen molar-refractivity contribution in [3.63, 3.8) is 0 Å². The summed E-state index contributed by atoms with van der Waals surface area (Å²) < 4.78 is 2.04. The van der Waals surface area contributed by atoms with E-state index in [0.717, 1.165) is 16.9 Å². The first-order chi connectivity index (χ1) is 8.13. The molecule has 2 rings (SSSR count). The number of thiol groups is 1. The predicted molar refractivity (Wildman–Crippen MR) is 74.2 cm³/mol. The van der Waals surface area contributed by atoms with Crippen molar-refractivity contribution in [1.82, 2.24) is 4.57 Å². The fourth-order valence-electron chi connectivity index (χ4n) is 1.89. The van der Waals surface area contributed by atoms with Gasteiger partial charge in [-0.1, -0.05) is 18.2 Å². The van der Waals surface area contributed by atoms with Gasteiger partial charge in [0, 0.05) is 35.0 Å². The molecule has 0 fully saturated rings. The lowest BCUT2D eigenvalue weighted by Gasteiger charge is -2.14. The zero-order valence-electron chi connectivity index (χ0n) is 9.97. The third-order valence-corrected chi connectivity index (χ3v) is 3.21. The summed E-state index contributed by atoms with van der Waals surface area (Å²) in [6.07, 6.45) is 1.88. The molecule has 0 saturated heterocycles. The molecule has 88 valence electrons. The average molecular weight is 245 g/mol. The highest BCUT2D eigenvalue weighted by Crippen LogP contribution is 2.15. The molecule has 1 aromatic carbocycles. The molecule has 0 amide bonds. The molecule has 2 aromatic rings. The van der Waals surface area contributed by atoms with E-state index < -0.39 is 0 Å². The number of rotatable bonds is 2. The van der Waals surface area contributed by atoms with E-state index in [2.05, 4.69) is 31.7 Å². The zero-order chi connectivity index (χ0) is 12.4. The molecule has 0 aliphatic rings. The molecule has 3 heteroatoms. The number of pyridine rings is 1. The number of aromatic nitrogens is 1. The van der Waals surface area contributed by atoms with Crippen LogP contribution in [0.25, 0.3) is 5.69 Å². The number of benzene rings is 1. The van der Waals surface area contributed by atoms with Crippen LogP contribution in [0.5, 0.6) is 0 Å². The van der Waals surface area contributed by atoms with Crippen molar-refractivity contribution >= 4 is 12.6 Å². The fraction of sp³-hybridized carbons (Fsp3) is 0.214. The van der Waals surface area contributed by atoms with Crippen LogP contribution in [-0.4, -0.2) is 4.57 Å². The summed E-state index contributed by atoms with van der Waals surface area (Å²) in [6, 6.07) is 9.79. The Morgan fingerprint density at radius 1 is 1.24 bits per heavy atom. The lowest BCUT2D eigenvalue weighted by molar-refractivity contribution is 0.947. The van der Waals surface area contributed by atoms with E-state index in [4.69, 9.17) is 0 Å². The van der Waals surface area contributed by atoms with Crippen LogP contribution >= 0.6 is 12.6 Å². The molecule has 0 saturated carbocycles. The van der Waals surface area contributed by atoms with Crippen molar-refractivity contribution in [3.05, 3.63) is 63.6 Å². The van der Waals surface area contributed by atoms with Crippen LogP contribution in [0.3, 0.4) is 0 Å². The Morgan fingerprint density at radius 3 is 2.59 bits per heavy atom. The number of hydrogen-bond acceptors (Lipinski definition) is 2. The van der Waals surface area contributed by atoms with Crippen LogP contribution in [0.1, 0.15) is 16.8 Å². The summed E-state index contributed by atoms with van der Waals surface area (Å²) in [4.78, 5) is 11.7. The van der Waals surface area contributed by atoms with Gasteiger partial charge in [-0.15, -0.1) is 0 Å². The van der Waals surface area contributed by atoms with Gasteiger partial charge in [0.1, 0.15) is 0 Å². The maximum atomic E-state index is 11.7. The standard InChI is InChI=1S/C14H15NOS/c1-10-5-3-4-6-13(10)15-8-12(9-17)14(16)7-11(15)2/h3-8,17H,9H2,1-2H3. The van der Waals surface area contributed by atoms with Gasteiger partial charge in [-0.3, -0.25) is 4.79 Å². The molecule has 0 aliphatic heterocycles. The molecule has 0 unspecified atom stereocenters. The van der Waals surface area contributed by atoms with Gasteiger partial charge in [0.05, 0.1) is 0 Å². The first-order valence-electron chi connectivity index (χ1n) is 5.52. The van der Waals surface area contributed by atoms with Gasteiger partial charge < -0.3 is 4.57 Å². The summed E-state index contributed by atoms with van der Waals surface area (Å²) in [5.41, 5.74) is 4.01. The monoisotopic (exact) mass is 245 g/mol. The van der Waals surface area contributed by atoms with Crippen molar-refractivity contribution in [3.8, 4) is 5.69 Å². The van der Waals surface area contributed by atoms with Gasteiger partial charge in [0.15, 0.2) is 5.43 Å². The van der Waals surface area contributed by atoms with Gasteiger partial charge in [0.25, 0.3) is 0 Å². The van der Waals surface area contributed by atoms with Crippen LogP contribution in [0.2, 0.25) is 0 Å². The fourth-order valence-corrected chi connectivity index (χ4v) is 2.12. The van der Waals surface area contributed by atoms with Crippen LogP contribution in [0, 0.1) is 13.8 Å². The van der Waals surface area contributed by atoms with Crippen LogP contribution in [-0.2, 0) is 5.75 Å². The van der Waals surface area contributed by atoms with E-state index in [1.165, 1.54) is 5.56 Å². The Bertz CT molecular complexity index is 601. The van der Waals surface area contributed by atoms with Gasteiger partial charge in [-0.05, 0) is 25.5 Å². The minimum atomic E-state index is 0.0577. The molecule has 1 heterocycles. The molecule has 1 aromatic heterocycles. The highest BCUT2D eigenvalue weighted by molar-refractivity contribution is 7.79. The second-order valence-electron chi connectivity index (χ2n) is 4.12. The Balaban J connectivity index is 2.68. The van der Waals surface area contributed by atoms with Crippen LogP contribution in [0.15, 0.2) is 41.3 Å². The van der Waals surface area contributed by atoms with E-state index in [9.17, 15) is 4.79 Å². The van der Waals surface area contributed by atoms with Gasteiger partial charge in [-0.2, -0.15) is 12.6 Å². The maximum Gasteiger partial charge on any atom is 0.185 e. The minimum absolute atomic E-state index is 0.0577. The molecule has 2 nitrogen and oxygen atoms in total. The van der Waals surface area contributed by atoms with E-state index in [1.54, 1.807) is 6.07 Å². The third kappa shape index (κ3) is 2.29. The molecular formula is C14H15NOS. The lowest BCUT2D eigenvalue weighted by atomic mass is 10.1. The van der Waals surface area contributed by atoms with Crippen LogP contribution < -0.4 is 5.43 Å². The second kappa shape index (κ2) is 4.80. The first kappa shape index (κ1) is 12.0. The molecule has 0 spiro atoms. The molecule has 0 N–H and O–H groups in total. The second-order valence-corrected chi connectivity index (χ2v) is 4.44. The van der Waals surface area contributed by atoms with E-state index in [1.807, 2.05) is 29.8 Å². The normalized spacial score (nSPS) is 10.5. The Labute approximate surface area is 106 Å². The van der Waals surface area contributed by atoms with Gasteiger partial charge >= 0.3 is 0 Å². The van der Waals surface area contributed by atoms with Crippen molar-refractivity contribution in [2.45, 2.75) is 19.6 Å². The minimum Gasteiger partial charge on any atom is -0.320 e. The third-order valence-electron chi connectivity index (χ3n) is 2.87. The predicted octanol–water partition coefficient (Wildman–Crippen LogP) is 2.88. The molecular weight excluding hydrogens is 230 g/mol. The summed E-state index contributed by atoms with van der Waals surface area (Å²) in [5, 5.41) is 0. The van der Waals surface area contributed by atoms with Gasteiger partial charge in [-0.25, -0.2) is 0 Å². The Hall–Kier alpha value is -1.48. The zero-order valence-corrected chi connectivity index (χ0v) is 10.9. The number of nitrogens with zero attached hydrogens (tertiary/aromatic N) is 1. The first-order valence-corrected chi connectivity index (χ1v) is 6.16. The lowest BCUT2D eigenvalue weighted by Crippen LogP contribution is -2.13. The van der Waals surface area contributed by atoms with E-state index >= 15 is 0 Å². The quantitative estimate of drug-likeness (QED) is 0.807. The molecule has 17 heavy (non-hydrogen) atoms. The Kier molecular flexibility index (Phi) is 3.38. The molecule has 0 bridgehead atoms. The smallest absolute Gasteiger partial charge is 0.185 e. The SMILES string of the molecule is Cc1ccccc1-n1cc(CS)c(=O)cc1C. The van der Waals surface area contributed by atoms with Crippen molar-refractivity contribution in [2.24, 2.45) is 0 Å². The molecule has 0 aliphatic carbocycles. The number of hydrogen-bond donors (Lipinski definition) is 1. The van der Waals surface area contributed by atoms with Crippen molar-refractivity contribution in [1.29, 1.82) is 0 Å². The molecule has 0 atom stereocenters. The average Bonchev–Trinajstić information content (AvgIpc) is 2.31. The summed E-state index contributed by atoms with van der Waals surface area (Å²) in [7, 11) is 0. The number of aryl methyl sites for hydroxylation is 2. The van der Waals surface area contributed by atoms with E-state index in [0.29, 0.717) is 5.75 Å². The topological polar surface area (TPSA) is 22.0 Å². The van der Waals surface area contributed by atoms with Gasteiger partial charge in [0.2, 0.25) is 0 Å². The highest BCUT2D eigenvalue weighted by atomic mass is 32.1. The van der Waals surface area contributed by atoms with Crippen LogP contribution in [0.4, 0.5) is 0 Å². The highest BCUT2D eigenvalue weighted by Gasteiger charge is 2.05. The van der Waals surface area contributed by atoms with E-state index in [-0.39, 0.29) is 5.43 Å². The summed E-state index contributed by atoms with van der Waals surface area (Å²) in [6.45, 7) is 4.00. The van der Waals surface area contributed by atoms with Crippen molar-refractivity contribution in [2.75, 3.05) is 0 Å². The largest absolute Gasteiger partial charge is 0.320 e. The number of para-hydroxylation sites is 1. The van der Waals surface area contributed by atoms with Crippen molar-refractivity contribution < 1.29 is 0 Å². The summed E-state index contributed by atoms with van der Waals surface area (Å²) in [5.74, 6) is 0.463. The molecule has 0 radical (unpaired) electrons.